The Labute approximate surface area is 387 Å². The molecule has 4 aromatic rings. The number of sulfonamides is 2. The molecular formula is C43H54F3N11O8S2. The second-order valence-electron chi connectivity index (χ2n) is 17.2. The summed E-state index contributed by atoms with van der Waals surface area (Å²) in [5.41, 5.74) is 10.9. The Morgan fingerprint density at radius 3 is 1.63 bits per heavy atom. The molecule has 0 saturated heterocycles. The number of aliphatic imine (C=N–C) groups is 2. The van der Waals surface area contributed by atoms with E-state index in [-0.39, 0.29) is 65.4 Å². The number of ether oxygens (including phenoxy) is 2. The van der Waals surface area contributed by atoms with Gasteiger partial charge in [0.1, 0.15) is 74.3 Å². The number of nitrogens with two attached hydrogens (primary N) is 2. The van der Waals surface area contributed by atoms with E-state index in [1.54, 1.807) is 26.8 Å². The summed E-state index contributed by atoms with van der Waals surface area (Å²) in [6.45, 7) is 9.51. The Bertz CT molecular complexity index is 2850. The Morgan fingerprint density at radius 2 is 1.21 bits per heavy atom. The number of aryl methyl sites for hydroxylation is 1. The number of anilines is 2. The van der Waals surface area contributed by atoms with E-state index in [2.05, 4.69) is 35.6 Å². The SMILES string of the molecule is CN1C[C@@](C)(c2cc(NC(=O)c3cnc(OCCF)cn3)ccc2F)N=C(N)C(C)(C)S1(=O)=O.COc1cnc(C(=O)Nc2ccc(F)c([C@]3(C)CN(C)S(=O)(=O)C(C)(C)C(N)=N3)c2)c(C)c1. The third-order valence-corrected chi connectivity index (χ3v) is 16.3. The fourth-order valence-corrected chi connectivity index (χ4v) is 10.2. The maximum atomic E-state index is 15.0. The van der Waals surface area contributed by atoms with E-state index < -0.39 is 70.7 Å². The molecule has 2 aliphatic rings. The van der Waals surface area contributed by atoms with Crippen LogP contribution in [0.4, 0.5) is 24.5 Å². The van der Waals surface area contributed by atoms with Gasteiger partial charge < -0.3 is 31.6 Å². The summed E-state index contributed by atoms with van der Waals surface area (Å²) in [6, 6.07) is 9.58. The van der Waals surface area contributed by atoms with Crippen LogP contribution in [0.25, 0.3) is 0 Å². The van der Waals surface area contributed by atoms with Gasteiger partial charge in [-0.3, -0.25) is 19.6 Å². The van der Waals surface area contributed by atoms with Crippen molar-refractivity contribution >= 4 is 54.9 Å². The summed E-state index contributed by atoms with van der Waals surface area (Å²) >= 11 is 0. The van der Waals surface area contributed by atoms with Crippen molar-refractivity contribution in [1.82, 2.24) is 23.6 Å². The Hall–Kier alpha value is -6.24. The summed E-state index contributed by atoms with van der Waals surface area (Å²) in [5, 5.41) is 5.31. The largest absolute Gasteiger partial charge is 0.495 e. The van der Waals surface area contributed by atoms with Gasteiger partial charge in [-0.05, 0) is 96.5 Å². The molecule has 2 aromatic heterocycles. The van der Waals surface area contributed by atoms with Crippen molar-refractivity contribution in [1.29, 1.82) is 0 Å². The van der Waals surface area contributed by atoms with Crippen LogP contribution in [-0.2, 0) is 31.1 Å². The number of alkyl halides is 1. The number of hydrogen-bond donors (Lipinski definition) is 4. The molecule has 0 fully saturated rings. The first-order valence-corrected chi connectivity index (χ1v) is 23.3. The fourth-order valence-electron chi connectivity index (χ4n) is 7.21. The third kappa shape index (κ3) is 10.4. The number of pyridine rings is 1. The highest BCUT2D eigenvalue weighted by molar-refractivity contribution is 7.91. The first-order chi connectivity index (χ1) is 31.0. The van der Waals surface area contributed by atoms with Crippen LogP contribution in [0.1, 0.15) is 79.2 Å². The van der Waals surface area contributed by atoms with Gasteiger partial charge >= 0.3 is 0 Å². The zero-order chi connectivity index (χ0) is 50.1. The highest BCUT2D eigenvalue weighted by Gasteiger charge is 2.49. The molecule has 2 amide bonds. The van der Waals surface area contributed by atoms with Crippen molar-refractivity contribution in [3.8, 4) is 11.6 Å². The van der Waals surface area contributed by atoms with Crippen molar-refractivity contribution in [2.75, 3.05) is 58.2 Å². The molecule has 0 radical (unpaired) electrons. The average Bonchev–Trinajstić information content (AvgIpc) is 3.33. The van der Waals surface area contributed by atoms with Gasteiger partial charge in [-0.25, -0.2) is 53.6 Å². The highest BCUT2D eigenvalue weighted by atomic mass is 32.2. The van der Waals surface area contributed by atoms with Crippen molar-refractivity contribution in [3.63, 3.8) is 0 Å². The van der Waals surface area contributed by atoms with E-state index >= 15 is 0 Å². The Morgan fingerprint density at radius 1 is 0.731 bits per heavy atom. The van der Waals surface area contributed by atoms with Gasteiger partial charge in [0.15, 0.2) is 0 Å². The van der Waals surface area contributed by atoms with Crippen molar-refractivity contribution in [2.24, 2.45) is 21.5 Å². The van der Waals surface area contributed by atoms with E-state index in [4.69, 9.17) is 20.9 Å². The van der Waals surface area contributed by atoms with Crippen LogP contribution in [-0.4, -0.2) is 121 Å². The van der Waals surface area contributed by atoms with Crippen LogP contribution in [0.15, 0.2) is 71.0 Å². The number of carbonyl (C=O) groups is 2. The molecule has 67 heavy (non-hydrogen) atoms. The quantitative estimate of drug-likeness (QED) is 0.173. The third-order valence-electron chi connectivity index (χ3n) is 11.4. The number of carbonyl (C=O) groups excluding carboxylic acids is 2. The number of benzene rings is 2. The predicted molar refractivity (Wildman–Crippen MR) is 247 cm³/mol. The standard InChI is InChI=1S/C22H28FN5O4S.C21H26F2N6O4S/c1-13-9-15(32-6)11-25-18(13)19(29)26-14-7-8-17(23)16(10-14)22(4)12-28(5)33(30,31)21(2,3)20(24)27-22;1-20(2)19(24)28-21(3,12-29(4)34(20,31)32)14-9-13(5-6-15(14)23)27-18(30)16-10-26-17(11-25-16)33-8-7-22/h7-11H,12H2,1-6H3,(H2,24,27)(H,26,29);5-6,9-11H,7-8,12H2,1-4H3,(H2,24,28)(H,27,30)/t22-;21-/m00/s1. The lowest BCUT2D eigenvalue weighted by Gasteiger charge is -2.29. The zero-order valence-corrected chi connectivity index (χ0v) is 40.2. The highest BCUT2D eigenvalue weighted by Crippen LogP contribution is 2.38. The van der Waals surface area contributed by atoms with Gasteiger partial charge in [-0.2, -0.15) is 0 Å². The number of amidine groups is 2. The van der Waals surface area contributed by atoms with Gasteiger partial charge in [-0.15, -0.1) is 0 Å². The predicted octanol–water partition coefficient (Wildman–Crippen LogP) is 4.26. The molecule has 2 aromatic carbocycles. The minimum Gasteiger partial charge on any atom is -0.495 e. The molecule has 362 valence electrons. The van der Waals surface area contributed by atoms with Crippen LogP contribution in [0, 0.1) is 18.6 Å². The van der Waals surface area contributed by atoms with E-state index in [9.17, 15) is 39.6 Å². The lowest BCUT2D eigenvalue weighted by Crippen LogP contribution is -2.50. The van der Waals surface area contributed by atoms with Gasteiger partial charge in [0, 0.05) is 49.7 Å². The Kier molecular flexibility index (Phi) is 14.8. The molecule has 0 saturated carbocycles. The minimum absolute atomic E-state index is 0.0472. The molecule has 6 N–H and O–H groups in total. The van der Waals surface area contributed by atoms with Crippen molar-refractivity contribution in [3.05, 3.63) is 101 Å². The lowest BCUT2D eigenvalue weighted by molar-refractivity contribution is 0.101. The number of aromatic nitrogens is 3. The van der Waals surface area contributed by atoms with E-state index in [0.717, 1.165) is 20.9 Å². The molecule has 2 aliphatic heterocycles. The van der Waals surface area contributed by atoms with Gasteiger partial charge in [0.05, 0.1) is 25.7 Å². The summed E-state index contributed by atoms with van der Waals surface area (Å²) in [5.74, 6) is -2.05. The van der Waals surface area contributed by atoms with Crippen molar-refractivity contribution in [2.45, 2.75) is 69.0 Å². The van der Waals surface area contributed by atoms with Gasteiger partial charge in [0.25, 0.3) is 11.8 Å². The number of nitrogens with one attached hydrogen (secondary N) is 2. The fraction of sp³-hybridized carbons (Fsp3) is 0.419. The summed E-state index contributed by atoms with van der Waals surface area (Å²) in [4.78, 5) is 46.1. The monoisotopic (exact) mass is 973 g/mol. The van der Waals surface area contributed by atoms with Gasteiger partial charge in [-0.1, -0.05) is 0 Å². The maximum Gasteiger partial charge on any atom is 0.275 e. The summed E-state index contributed by atoms with van der Waals surface area (Å²) in [6.07, 6.45) is 3.77. The number of rotatable bonds is 10. The number of amides is 2. The van der Waals surface area contributed by atoms with Crippen LogP contribution < -0.4 is 31.6 Å². The van der Waals surface area contributed by atoms with Crippen LogP contribution in [0.2, 0.25) is 0 Å². The smallest absolute Gasteiger partial charge is 0.275 e. The molecule has 0 unspecified atom stereocenters. The van der Waals surface area contributed by atoms with Crippen LogP contribution in [0.5, 0.6) is 11.6 Å². The molecule has 6 rings (SSSR count). The normalized spacial score (nSPS) is 22.0. The van der Waals surface area contributed by atoms with E-state index in [1.165, 1.54) is 91.6 Å². The molecule has 24 heteroatoms. The molecule has 0 spiro atoms. The molecule has 4 heterocycles. The number of nitrogens with zero attached hydrogens (tertiary/aromatic N) is 7. The zero-order valence-electron chi connectivity index (χ0n) is 38.6. The summed E-state index contributed by atoms with van der Waals surface area (Å²) < 4.78 is 103. The molecule has 2 atom stereocenters. The number of halogens is 3. The molecule has 19 nitrogen and oxygen atoms in total. The Balaban J connectivity index is 0.000000251. The number of methoxy groups -OCH3 is 1. The van der Waals surface area contributed by atoms with E-state index in [1.807, 2.05) is 0 Å². The van der Waals surface area contributed by atoms with Crippen LogP contribution in [0.3, 0.4) is 0 Å². The second-order valence-corrected chi connectivity index (χ2v) is 22.4. The van der Waals surface area contributed by atoms with Crippen molar-refractivity contribution < 1.29 is 49.1 Å². The average molecular weight is 974 g/mol. The second kappa shape index (κ2) is 19.2. The maximum absolute atomic E-state index is 15.0. The summed E-state index contributed by atoms with van der Waals surface area (Å²) in [7, 11) is -3.39. The molecular weight excluding hydrogens is 920 g/mol. The number of likely N-dealkylation sites (N-methyl/N-ethyl adjacent to an activating group) is 2. The molecule has 0 aliphatic carbocycles. The molecule has 0 bridgehead atoms. The first kappa shape index (κ1) is 51.7. The number of hydrogen-bond acceptors (Lipinski definition) is 15. The minimum atomic E-state index is -3.85. The van der Waals surface area contributed by atoms with Crippen LogP contribution >= 0.6 is 0 Å². The van der Waals surface area contributed by atoms with Gasteiger partial charge in [0.2, 0.25) is 25.9 Å². The van der Waals surface area contributed by atoms with E-state index in [0.29, 0.717) is 17.0 Å². The first-order valence-electron chi connectivity index (χ1n) is 20.4. The lowest BCUT2D eigenvalue weighted by atomic mass is 9.91. The topological polar surface area (TPSA) is 267 Å².